The first kappa shape index (κ1) is 13.9. The Labute approximate surface area is 105 Å². The van der Waals surface area contributed by atoms with E-state index in [9.17, 15) is 4.79 Å². The minimum atomic E-state index is -0.223. The topological polar surface area (TPSA) is 71.5 Å². The molecular weight excluding hydrogens is 244 g/mol. The minimum Gasteiger partial charge on any atom is -0.394 e. The van der Waals surface area contributed by atoms with Crippen LogP contribution in [0, 0.1) is 0 Å². The Kier molecular flexibility index (Phi) is 6.54. The zero-order chi connectivity index (χ0) is 12.5. The molecule has 2 N–H and O–H groups in total. The van der Waals surface area contributed by atoms with Crippen molar-refractivity contribution in [3.05, 3.63) is 29.0 Å². The molecule has 0 spiro atoms. The monoisotopic (exact) mass is 258 g/mol. The summed E-state index contributed by atoms with van der Waals surface area (Å²) in [5, 5.41) is 11.5. The Balaban J connectivity index is 2.24. The Morgan fingerprint density at radius 2 is 2.35 bits per heavy atom. The van der Waals surface area contributed by atoms with Crippen molar-refractivity contribution in [1.29, 1.82) is 0 Å². The van der Waals surface area contributed by atoms with Gasteiger partial charge < -0.3 is 15.2 Å². The summed E-state index contributed by atoms with van der Waals surface area (Å²) in [7, 11) is 0. The molecule has 1 rings (SSSR count). The van der Waals surface area contributed by atoms with Crippen LogP contribution in [-0.2, 0) is 4.74 Å². The van der Waals surface area contributed by atoms with Gasteiger partial charge in [-0.2, -0.15) is 0 Å². The van der Waals surface area contributed by atoms with E-state index in [4.69, 9.17) is 21.4 Å². The number of aliphatic hydroxyl groups is 1. The molecular formula is C11H15ClN2O3. The summed E-state index contributed by atoms with van der Waals surface area (Å²) < 4.78 is 5.06. The highest BCUT2D eigenvalue weighted by Gasteiger charge is 2.08. The molecule has 1 aromatic rings. The minimum absolute atomic E-state index is 0.0129. The van der Waals surface area contributed by atoms with Crippen LogP contribution >= 0.6 is 11.6 Å². The molecule has 0 saturated heterocycles. The molecule has 1 amide bonds. The number of pyridine rings is 1. The predicted octanol–water partition coefficient (Wildman–Crippen LogP) is 0.864. The summed E-state index contributed by atoms with van der Waals surface area (Å²) in [4.78, 5) is 15.5. The fourth-order valence-corrected chi connectivity index (χ4v) is 1.40. The van der Waals surface area contributed by atoms with Gasteiger partial charge in [-0.1, -0.05) is 11.6 Å². The van der Waals surface area contributed by atoms with Gasteiger partial charge in [0.2, 0.25) is 0 Å². The molecule has 0 saturated carbocycles. The molecule has 0 fully saturated rings. The lowest BCUT2D eigenvalue weighted by Gasteiger charge is -2.06. The lowest BCUT2D eigenvalue weighted by Crippen LogP contribution is -2.25. The van der Waals surface area contributed by atoms with Gasteiger partial charge >= 0.3 is 0 Å². The van der Waals surface area contributed by atoms with E-state index in [1.54, 1.807) is 6.07 Å². The van der Waals surface area contributed by atoms with Crippen molar-refractivity contribution in [3.63, 3.8) is 0 Å². The second kappa shape index (κ2) is 8.00. The number of hydrogen-bond acceptors (Lipinski definition) is 4. The highest BCUT2D eigenvalue weighted by Crippen LogP contribution is 2.12. The number of aromatic nitrogens is 1. The van der Waals surface area contributed by atoms with Crippen molar-refractivity contribution in [2.45, 2.75) is 6.42 Å². The van der Waals surface area contributed by atoms with Crippen LogP contribution < -0.4 is 5.32 Å². The maximum atomic E-state index is 11.7. The molecule has 94 valence electrons. The van der Waals surface area contributed by atoms with Gasteiger partial charge in [0.1, 0.15) is 0 Å². The largest absolute Gasteiger partial charge is 0.394 e. The highest BCUT2D eigenvalue weighted by molar-refractivity contribution is 6.33. The van der Waals surface area contributed by atoms with E-state index in [1.165, 1.54) is 12.4 Å². The molecule has 0 aromatic carbocycles. The zero-order valence-corrected chi connectivity index (χ0v) is 10.1. The van der Waals surface area contributed by atoms with Gasteiger partial charge in [-0.15, -0.1) is 0 Å². The molecule has 0 aliphatic rings. The average Bonchev–Trinajstić information content (AvgIpc) is 2.34. The molecule has 0 aliphatic heterocycles. The van der Waals surface area contributed by atoms with Crippen LogP contribution in [0.2, 0.25) is 5.02 Å². The number of amides is 1. The Hall–Kier alpha value is -1.17. The van der Waals surface area contributed by atoms with Crippen molar-refractivity contribution in [2.75, 3.05) is 26.4 Å². The first-order valence-electron chi connectivity index (χ1n) is 5.32. The van der Waals surface area contributed by atoms with Crippen LogP contribution in [0.25, 0.3) is 0 Å². The van der Waals surface area contributed by atoms with Crippen molar-refractivity contribution in [1.82, 2.24) is 10.3 Å². The van der Waals surface area contributed by atoms with Crippen LogP contribution in [0.4, 0.5) is 0 Å². The molecule has 0 atom stereocenters. The van der Waals surface area contributed by atoms with Crippen LogP contribution in [0.15, 0.2) is 18.5 Å². The molecule has 1 heterocycles. The number of nitrogens with one attached hydrogen (secondary N) is 1. The number of rotatable bonds is 7. The van der Waals surface area contributed by atoms with E-state index in [0.717, 1.165) is 0 Å². The van der Waals surface area contributed by atoms with Gasteiger partial charge in [0.05, 0.1) is 23.8 Å². The molecule has 6 heteroatoms. The summed E-state index contributed by atoms with van der Waals surface area (Å²) >= 11 is 5.82. The number of nitrogens with zero attached hydrogens (tertiary/aromatic N) is 1. The van der Waals surface area contributed by atoms with Crippen molar-refractivity contribution in [2.24, 2.45) is 0 Å². The van der Waals surface area contributed by atoms with Crippen LogP contribution in [0.3, 0.4) is 0 Å². The zero-order valence-electron chi connectivity index (χ0n) is 9.36. The van der Waals surface area contributed by atoms with Gasteiger partial charge in [0.15, 0.2) is 0 Å². The second-order valence-corrected chi connectivity index (χ2v) is 3.71. The molecule has 0 bridgehead atoms. The summed E-state index contributed by atoms with van der Waals surface area (Å²) in [6.07, 6.45) is 3.64. The molecule has 0 unspecified atom stereocenters. The number of ether oxygens (including phenoxy) is 1. The van der Waals surface area contributed by atoms with Gasteiger partial charge in [-0.05, 0) is 12.5 Å². The molecule has 0 radical (unpaired) electrons. The Morgan fingerprint density at radius 3 is 3.06 bits per heavy atom. The fourth-order valence-electron chi connectivity index (χ4n) is 1.20. The third-order valence-corrected chi connectivity index (χ3v) is 2.30. The van der Waals surface area contributed by atoms with Gasteiger partial charge in [-0.25, -0.2) is 0 Å². The van der Waals surface area contributed by atoms with E-state index in [1.807, 2.05) is 0 Å². The Bertz CT molecular complexity index is 360. The first-order valence-corrected chi connectivity index (χ1v) is 5.70. The predicted molar refractivity (Wildman–Crippen MR) is 64.1 cm³/mol. The fraction of sp³-hybridized carbons (Fsp3) is 0.455. The number of halogens is 1. The highest BCUT2D eigenvalue weighted by atomic mass is 35.5. The average molecular weight is 259 g/mol. The second-order valence-electron chi connectivity index (χ2n) is 3.30. The van der Waals surface area contributed by atoms with Gasteiger partial charge in [-0.3, -0.25) is 9.78 Å². The van der Waals surface area contributed by atoms with E-state index in [-0.39, 0.29) is 12.5 Å². The lowest BCUT2D eigenvalue weighted by atomic mass is 10.2. The lowest BCUT2D eigenvalue weighted by molar-refractivity contribution is 0.0867. The molecule has 17 heavy (non-hydrogen) atoms. The van der Waals surface area contributed by atoms with E-state index >= 15 is 0 Å². The van der Waals surface area contributed by atoms with Crippen LogP contribution in [-0.4, -0.2) is 42.4 Å². The molecule has 5 nitrogen and oxygen atoms in total. The van der Waals surface area contributed by atoms with Crippen molar-refractivity contribution >= 4 is 17.5 Å². The quantitative estimate of drug-likeness (QED) is 0.712. The van der Waals surface area contributed by atoms with Crippen molar-refractivity contribution in [3.8, 4) is 0 Å². The van der Waals surface area contributed by atoms with Gasteiger partial charge in [0, 0.05) is 25.5 Å². The summed E-state index contributed by atoms with van der Waals surface area (Å²) in [6.45, 7) is 1.34. The number of carbonyl (C=O) groups is 1. The normalized spacial score (nSPS) is 10.2. The van der Waals surface area contributed by atoms with Gasteiger partial charge in [0.25, 0.3) is 5.91 Å². The van der Waals surface area contributed by atoms with E-state index in [0.29, 0.717) is 36.8 Å². The first-order chi connectivity index (χ1) is 8.25. The SMILES string of the molecule is O=C(NCCCOCCO)c1ccncc1Cl. The number of hydrogen-bond donors (Lipinski definition) is 2. The number of carbonyl (C=O) groups excluding carboxylic acids is 1. The van der Waals surface area contributed by atoms with E-state index < -0.39 is 0 Å². The summed E-state index contributed by atoms with van der Waals surface area (Å²) in [6, 6.07) is 1.57. The van der Waals surface area contributed by atoms with Crippen LogP contribution in [0.5, 0.6) is 0 Å². The third-order valence-electron chi connectivity index (χ3n) is 2.00. The van der Waals surface area contributed by atoms with Crippen LogP contribution in [0.1, 0.15) is 16.8 Å². The van der Waals surface area contributed by atoms with E-state index in [2.05, 4.69) is 10.3 Å². The maximum absolute atomic E-state index is 11.7. The summed E-state index contributed by atoms with van der Waals surface area (Å²) in [5.74, 6) is -0.223. The third kappa shape index (κ3) is 5.12. The van der Waals surface area contributed by atoms with Crippen molar-refractivity contribution < 1.29 is 14.6 Å². The Morgan fingerprint density at radius 1 is 1.53 bits per heavy atom. The molecule has 0 aliphatic carbocycles. The summed E-state index contributed by atoms with van der Waals surface area (Å²) in [5.41, 5.74) is 0.415. The standard InChI is InChI=1S/C11H15ClN2O3/c12-10-8-13-4-2-9(10)11(16)14-3-1-6-17-7-5-15/h2,4,8,15H,1,3,5-7H2,(H,14,16). The number of aliphatic hydroxyl groups excluding tert-OH is 1. The maximum Gasteiger partial charge on any atom is 0.252 e. The smallest absolute Gasteiger partial charge is 0.252 e. The molecule has 1 aromatic heterocycles.